The monoisotopic (exact) mass is 910 g/mol. The summed E-state index contributed by atoms with van der Waals surface area (Å²) in [5.74, 6) is -3.69. The first-order valence-corrected chi connectivity index (χ1v) is 21.3. The number of carbonyl (C=O) groups excluding carboxylic acids is 2. The lowest BCUT2D eigenvalue weighted by atomic mass is 9.78. The Labute approximate surface area is 376 Å². The SMILES string of the molecule is CN1C(=O)N(c2ccc(-c3cn(C4CC4)c4ncnc(N)c34)c(F)c2)CC1c1cc(F)cc(F)c1.CN1C(=O)N(c2ccc(B3OC(C)(C)C(C)(C)O3)c(F)c2)CC1c1cc(F)cc(F)c1. The van der Waals surface area contributed by atoms with Gasteiger partial charge in [0.05, 0.1) is 41.8 Å². The number of nitrogen functional groups attached to an aromatic ring is 1. The summed E-state index contributed by atoms with van der Waals surface area (Å²) in [6, 6.07) is 13.7. The van der Waals surface area contributed by atoms with Gasteiger partial charge in [0.15, 0.2) is 0 Å². The largest absolute Gasteiger partial charge is 0.497 e. The Morgan fingerprint density at radius 1 is 0.652 bits per heavy atom. The van der Waals surface area contributed by atoms with E-state index in [-0.39, 0.29) is 24.4 Å². The minimum Gasteiger partial charge on any atom is -0.399 e. The van der Waals surface area contributed by atoms with Crippen molar-refractivity contribution in [3.8, 4) is 11.1 Å². The predicted octanol–water partition coefficient (Wildman–Crippen LogP) is 9.06. The van der Waals surface area contributed by atoms with Crippen LogP contribution in [-0.4, -0.2) is 81.9 Å². The highest BCUT2D eigenvalue weighted by atomic mass is 19.2. The molecule has 3 saturated heterocycles. The Bertz CT molecular complexity index is 2880. The van der Waals surface area contributed by atoms with Gasteiger partial charge in [-0.1, -0.05) is 6.07 Å². The van der Waals surface area contributed by atoms with E-state index in [1.807, 2.05) is 38.5 Å². The number of rotatable bonds is 7. The Morgan fingerprint density at radius 2 is 1.14 bits per heavy atom. The van der Waals surface area contributed by atoms with E-state index in [0.29, 0.717) is 50.7 Å². The highest BCUT2D eigenvalue weighted by molar-refractivity contribution is 6.62. The molecular formula is C47H45BF6N8O4. The van der Waals surface area contributed by atoms with Crippen molar-refractivity contribution in [3.05, 3.63) is 131 Å². The number of hydrogen-bond acceptors (Lipinski definition) is 7. The van der Waals surface area contributed by atoms with Crippen LogP contribution in [0.4, 0.5) is 53.1 Å². The van der Waals surface area contributed by atoms with E-state index < -0.39 is 77.4 Å². The van der Waals surface area contributed by atoms with E-state index >= 15 is 4.39 Å². The molecule has 4 amide bonds. The van der Waals surface area contributed by atoms with Crippen molar-refractivity contribution in [1.82, 2.24) is 24.3 Å². The number of hydrogen-bond donors (Lipinski definition) is 1. The lowest BCUT2D eigenvalue weighted by Crippen LogP contribution is -2.41. The Balaban J connectivity index is 0.000000167. The van der Waals surface area contributed by atoms with E-state index in [2.05, 4.69) is 9.97 Å². The van der Waals surface area contributed by atoms with Crippen LogP contribution >= 0.6 is 0 Å². The Kier molecular flexibility index (Phi) is 11.1. The number of halogens is 6. The van der Waals surface area contributed by atoms with E-state index in [0.717, 1.165) is 25.0 Å². The third-order valence-electron chi connectivity index (χ3n) is 13.2. The van der Waals surface area contributed by atoms with Crippen LogP contribution in [0.25, 0.3) is 22.2 Å². The number of likely N-dealkylation sites (N-methyl/N-ethyl adjacent to an activating group) is 2. The summed E-state index contributed by atoms with van der Waals surface area (Å²) in [5, 5.41) is 0.594. The van der Waals surface area contributed by atoms with Gasteiger partial charge in [-0.2, -0.15) is 0 Å². The van der Waals surface area contributed by atoms with Crippen molar-refractivity contribution >= 4 is 52.9 Å². The third kappa shape index (κ3) is 7.97. The molecule has 0 spiro atoms. The molecule has 2 unspecified atom stereocenters. The molecule has 3 aliphatic heterocycles. The minimum atomic E-state index is -0.862. The van der Waals surface area contributed by atoms with Gasteiger partial charge in [-0.05, 0) is 106 Å². The zero-order valence-corrected chi connectivity index (χ0v) is 36.8. The quantitative estimate of drug-likeness (QED) is 0.125. The van der Waals surface area contributed by atoms with Gasteiger partial charge >= 0.3 is 19.2 Å². The highest BCUT2D eigenvalue weighted by Gasteiger charge is 2.52. The predicted molar refractivity (Wildman–Crippen MR) is 237 cm³/mol. The number of benzene rings is 4. The number of urea groups is 2. The molecule has 342 valence electrons. The van der Waals surface area contributed by atoms with Gasteiger partial charge in [0.1, 0.15) is 52.7 Å². The molecule has 66 heavy (non-hydrogen) atoms. The second-order valence-corrected chi connectivity index (χ2v) is 18.0. The van der Waals surface area contributed by atoms with Crippen LogP contribution in [0.3, 0.4) is 0 Å². The Hall–Kier alpha value is -6.60. The van der Waals surface area contributed by atoms with E-state index in [1.54, 1.807) is 32.3 Å². The number of fused-ring (bicyclic) bond motifs is 1. The van der Waals surface area contributed by atoms with E-state index in [4.69, 9.17) is 15.0 Å². The van der Waals surface area contributed by atoms with Crippen LogP contribution in [0, 0.1) is 34.9 Å². The fraction of sp³-hybridized carbons (Fsp3) is 0.319. The van der Waals surface area contributed by atoms with E-state index in [1.165, 1.54) is 68.4 Å². The zero-order chi connectivity index (χ0) is 47.1. The average molecular weight is 911 g/mol. The minimum absolute atomic E-state index is 0.124. The van der Waals surface area contributed by atoms with Crippen LogP contribution in [0.15, 0.2) is 85.3 Å². The molecule has 4 aromatic carbocycles. The van der Waals surface area contributed by atoms with Crippen LogP contribution in [0.5, 0.6) is 0 Å². The normalized spacial score (nSPS) is 20.2. The molecule has 4 fully saturated rings. The summed E-state index contributed by atoms with van der Waals surface area (Å²) in [6.45, 7) is 7.79. The van der Waals surface area contributed by atoms with Crippen molar-refractivity contribution in [1.29, 1.82) is 0 Å². The molecule has 1 aliphatic carbocycles. The smallest absolute Gasteiger partial charge is 0.399 e. The lowest BCUT2D eigenvalue weighted by Gasteiger charge is -2.32. The number of nitrogens with zero attached hydrogens (tertiary/aromatic N) is 7. The average Bonchev–Trinajstić information content (AvgIpc) is 3.78. The molecule has 0 bridgehead atoms. The molecule has 2 aromatic heterocycles. The van der Waals surface area contributed by atoms with Crippen molar-refractivity contribution in [2.24, 2.45) is 0 Å². The maximum atomic E-state index is 15.5. The van der Waals surface area contributed by atoms with Crippen molar-refractivity contribution in [3.63, 3.8) is 0 Å². The van der Waals surface area contributed by atoms with Crippen molar-refractivity contribution in [2.75, 3.05) is 42.7 Å². The Morgan fingerprint density at radius 3 is 1.61 bits per heavy atom. The van der Waals surface area contributed by atoms with Crippen molar-refractivity contribution < 1.29 is 45.2 Å². The highest BCUT2D eigenvalue weighted by Crippen LogP contribution is 2.44. The first-order chi connectivity index (χ1) is 31.2. The van der Waals surface area contributed by atoms with Gasteiger partial charge in [0, 0.05) is 66.4 Å². The second kappa shape index (κ2) is 16.4. The molecule has 2 atom stereocenters. The van der Waals surface area contributed by atoms with Crippen LogP contribution < -0.4 is 21.0 Å². The summed E-state index contributed by atoms with van der Waals surface area (Å²) >= 11 is 0. The molecule has 10 rings (SSSR count). The van der Waals surface area contributed by atoms with Gasteiger partial charge in [-0.3, -0.25) is 9.80 Å². The summed E-state index contributed by atoms with van der Waals surface area (Å²) in [7, 11) is 2.24. The topological polar surface area (TPSA) is 122 Å². The molecule has 2 N–H and O–H groups in total. The molecule has 5 heterocycles. The van der Waals surface area contributed by atoms with Gasteiger partial charge < -0.3 is 29.4 Å². The maximum absolute atomic E-state index is 15.5. The number of nitrogens with two attached hydrogens (primary N) is 1. The number of amides is 4. The summed E-state index contributed by atoms with van der Waals surface area (Å²) in [5.41, 5.74) is 8.10. The molecule has 4 aliphatic rings. The van der Waals surface area contributed by atoms with Gasteiger partial charge in [0.2, 0.25) is 0 Å². The lowest BCUT2D eigenvalue weighted by molar-refractivity contribution is 0.00578. The number of carbonyl (C=O) groups is 2. The fourth-order valence-corrected chi connectivity index (χ4v) is 8.70. The zero-order valence-electron chi connectivity index (χ0n) is 36.8. The van der Waals surface area contributed by atoms with Crippen molar-refractivity contribution in [2.45, 2.75) is 69.9 Å². The standard InChI is InChI=1S/C25H21F3N6O.C22H24BF3N2O3/c1-32-21(13-6-14(26)8-15(27)7-13)11-34(25(32)35)17-4-5-18(20(28)9-17)19-10-33(16-2-3-16)24-22(19)23(29)30-12-31-24;1-21(2)22(3,4)31-23(30-21)17-7-6-16(11-18(17)26)28-12-19(27(5)20(28)29)13-8-14(24)10-15(25)9-13/h4-10,12,16,21H,2-3,11H2,1H3,(H2,29,30,31);6-11,19H,12H2,1-5H3. The molecule has 0 radical (unpaired) electrons. The second-order valence-electron chi connectivity index (χ2n) is 18.0. The first-order valence-electron chi connectivity index (χ1n) is 21.3. The molecule has 12 nitrogen and oxygen atoms in total. The summed E-state index contributed by atoms with van der Waals surface area (Å²) < 4.78 is 99.1. The number of anilines is 3. The van der Waals surface area contributed by atoms with E-state index in [9.17, 15) is 31.5 Å². The summed E-state index contributed by atoms with van der Waals surface area (Å²) in [4.78, 5) is 39.7. The van der Waals surface area contributed by atoms with Gasteiger partial charge in [-0.25, -0.2) is 45.9 Å². The first kappa shape index (κ1) is 44.6. The maximum Gasteiger partial charge on any atom is 0.497 e. The molecule has 19 heteroatoms. The summed E-state index contributed by atoms with van der Waals surface area (Å²) in [6.07, 6.45) is 5.30. The molecule has 1 saturated carbocycles. The fourth-order valence-electron chi connectivity index (χ4n) is 8.70. The van der Waals surface area contributed by atoms with Gasteiger partial charge in [-0.15, -0.1) is 0 Å². The van der Waals surface area contributed by atoms with Crippen LogP contribution in [-0.2, 0) is 9.31 Å². The molecule has 6 aromatic rings. The molecular weight excluding hydrogens is 865 g/mol. The third-order valence-corrected chi connectivity index (χ3v) is 13.2. The van der Waals surface area contributed by atoms with Crippen LogP contribution in [0.1, 0.15) is 69.8 Å². The van der Waals surface area contributed by atoms with Crippen LogP contribution in [0.2, 0.25) is 0 Å². The number of aromatic nitrogens is 3. The van der Waals surface area contributed by atoms with Gasteiger partial charge in [0.25, 0.3) is 0 Å².